The fourth-order valence-electron chi connectivity index (χ4n) is 3.54. The first kappa shape index (κ1) is 13.3. The van der Waals surface area contributed by atoms with Crippen molar-refractivity contribution in [3.8, 4) is 11.1 Å². The molecule has 1 nitrogen and oxygen atoms in total. The van der Waals surface area contributed by atoms with E-state index in [4.69, 9.17) is 0 Å². The Bertz CT molecular complexity index is 802. The molecule has 1 aliphatic rings. The van der Waals surface area contributed by atoms with Crippen LogP contribution in [0.5, 0.6) is 0 Å². The van der Waals surface area contributed by atoms with E-state index in [0.29, 0.717) is 0 Å². The molecule has 0 spiro atoms. The molecule has 1 heteroatoms. The highest BCUT2D eigenvalue weighted by Gasteiger charge is 2.42. The van der Waals surface area contributed by atoms with Crippen LogP contribution in [-0.4, -0.2) is 5.11 Å². The quantitative estimate of drug-likeness (QED) is 0.734. The molecule has 3 aromatic rings. The van der Waals surface area contributed by atoms with Crippen LogP contribution < -0.4 is 0 Å². The third kappa shape index (κ3) is 1.69. The molecule has 0 saturated heterocycles. The third-order valence-corrected chi connectivity index (χ3v) is 4.68. The minimum atomic E-state index is -1.06. The van der Waals surface area contributed by atoms with E-state index < -0.39 is 5.60 Å². The number of fused-ring (bicyclic) bond motifs is 3. The normalized spacial score (nSPS) is 14.5. The maximum absolute atomic E-state index is 11.7. The SMILES string of the molecule is CCc1cccc(C2(O)c3ccccc3-c3ccccc32)c1. The van der Waals surface area contributed by atoms with Gasteiger partial charge in [-0.15, -0.1) is 0 Å². The van der Waals surface area contributed by atoms with Gasteiger partial charge in [0.1, 0.15) is 5.60 Å². The van der Waals surface area contributed by atoms with Crippen molar-refractivity contribution < 1.29 is 5.11 Å². The van der Waals surface area contributed by atoms with Gasteiger partial charge in [0.15, 0.2) is 0 Å². The van der Waals surface area contributed by atoms with Gasteiger partial charge in [0.2, 0.25) is 0 Å². The lowest BCUT2D eigenvalue weighted by Gasteiger charge is -2.27. The van der Waals surface area contributed by atoms with Gasteiger partial charge in [0.05, 0.1) is 0 Å². The average Bonchev–Trinajstić information content (AvgIpc) is 2.86. The molecule has 0 aromatic heterocycles. The van der Waals surface area contributed by atoms with Crippen LogP contribution in [0.15, 0.2) is 72.8 Å². The molecule has 108 valence electrons. The molecule has 22 heavy (non-hydrogen) atoms. The minimum Gasteiger partial charge on any atom is -0.376 e. The summed E-state index contributed by atoms with van der Waals surface area (Å²) in [5.41, 5.74) is 5.34. The molecule has 0 saturated carbocycles. The van der Waals surface area contributed by atoms with Gasteiger partial charge in [-0.3, -0.25) is 0 Å². The summed E-state index contributed by atoms with van der Waals surface area (Å²) in [7, 11) is 0. The molecule has 0 atom stereocenters. The van der Waals surface area contributed by atoms with Crippen molar-refractivity contribution in [2.75, 3.05) is 0 Å². The van der Waals surface area contributed by atoms with E-state index in [1.165, 1.54) is 5.56 Å². The molecule has 0 bridgehead atoms. The van der Waals surface area contributed by atoms with Gasteiger partial charge in [-0.25, -0.2) is 0 Å². The Kier molecular flexibility index (Phi) is 2.91. The number of rotatable bonds is 2. The second kappa shape index (κ2) is 4.82. The second-order valence-electron chi connectivity index (χ2n) is 5.86. The van der Waals surface area contributed by atoms with Crippen LogP contribution in [0.1, 0.15) is 29.2 Å². The maximum atomic E-state index is 11.7. The predicted molar refractivity (Wildman–Crippen MR) is 89.8 cm³/mol. The summed E-state index contributed by atoms with van der Waals surface area (Å²) >= 11 is 0. The van der Waals surface area contributed by atoms with Crippen molar-refractivity contribution in [1.29, 1.82) is 0 Å². The van der Waals surface area contributed by atoms with Crippen LogP contribution in [0.3, 0.4) is 0 Å². The monoisotopic (exact) mass is 286 g/mol. The first-order valence-electron chi connectivity index (χ1n) is 7.76. The summed E-state index contributed by atoms with van der Waals surface area (Å²) in [6, 6.07) is 24.6. The van der Waals surface area contributed by atoms with Crippen LogP contribution in [0.4, 0.5) is 0 Å². The third-order valence-electron chi connectivity index (χ3n) is 4.68. The van der Waals surface area contributed by atoms with E-state index in [9.17, 15) is 5.11 Å². The lowest BCUT2D eigenvalue weighted by Crippen LogP contribution is -2.26. The molecule has 0 fully saturated rings. The standard InChI is InChI=1S/C21H18O/c1-2-15-8-7-9-16(14-15)21(22)19-12-5-3-10-17(19)18-11-4-6-13-20(18)21/h3-14,22H,2H2,1H3. The number of aryl methyl sites for hydroxylation is 1. The van der Waals surface area contributed by atoms with Crippen molar-refractivity contribution in [1.82, 2.24) is 0 Å². The minimum absolute atomic E-state index is 0.948. The lowest BCUT2D eigenvalue weighted by molar-refractivity contribution is 0.130. The van der Waals surface area contributed by atoms with Crippen LogP contribution in [0.25, 0.3) is 11.1 Å². The summed E-state index contributed by atoms with van der Waals surface area (Å²) in [5, 5.41) is 11.7. The van der Waals surface area contributed by atoms with Crippen molar-refractivity contribution in [3.63, 3.8) is 0 Å². The first-order valence-corrected chi connectivity index (χ1v) is 7.76. The van der Waals surface area contributed by atoms with Crippen molar-refractivity contribution in [2.45, 2.75) is 18.9 Å². The summed E-state index contributed by atoms with van der Waals surface area (Å²) in [4.78, 5) is 0. The highest BCUT2D eigenvalue weighted by atomic mass is 16.3. The van der Waals surface area contributed by atoms with E-state index >= 15 is 0 Å². The highest BCUT2D eigenvalue weighted by molar-refractivity contribution is 5.82. The smallest absolute Gasteiger partial charge is 0.141 e. The van der Waals surface area contributed by atoms with E-state index in [1.807, 2.05) is 48.5 Å². The van der Waals surface area contributed by atoms with Crippen LogP contribution >= 0.6 is 0 Å². The van der Waals surface area contributed by atoms with Crippen LogP contribution in [0, 0.1) is 0 Å². The van der Waals surface area contributed by atoms with Crippen LogP contribution in [0.2, 0.25) is 0 Å². The predicted octanol–water partition coefficient (Wildman–Crippen LogP) is 4.51. The molecular formula is C21H18O. The first-order chi connectivity index (χ1) is 10.7. The maximum Gasteiger partial charge on any atom is 0.141 e. The molecule has 0 heterocycles. The van der Waals surface area contributed by atoms with Crippen LogP contribution in [-0.2, 0) is 12.0 Å². The van der Waals surface area contributed by atoms with E-state index in [-0.39, 0.29) is 0 Å². The zero-order valence-corrected chi connectivity index (χ0v) is 12.6. The number of benzene rings is 3. The van der Waals surface area contributed by atoms with Gasteiger partial charge in [-0.05, 0) is 28.7 Å². The van der Waals surface area contributed by atoms with Crippen molar-refractivity contribution >= 4 is 0 Å². The lowest BCUT2D eigenvalue weighted by atomic mass is 9.83. The fourth-order valence-corrected chi connectivity index (χ4v) is 3.54. The van der Waals surface area contributed by atoms with Gasteiger partial charge in [0.25, 0.3) is 0 Å². The summed E-state index contributed by atoms with van der Waals surface area (Å²) in [5.74, 6) is 0. The number of aliphatic hydroxyl groups is 1. The molecule has 4 rings (SSSR count). The second-order valence-corrected chi connectivity index (χ2v) is 5.86. The average molecular weight is 286 g/mol. The summed E-state index contributed by atoms with van der Waals surface area (Å²) in [6.07, 6.45) is 0.965. The Morgan fingerprint density at radius 1 is 0.773 bits per heavy atom. The molecule has 1 aliphatic carbocycles. The Morgan fingerprint density at radius 2 is 1.36 bits per heavy atom. The van der Waals surface area contributed by atoms with E-state index in [1.54, 1.807) is 0 Å². The Labute approximate surface area is 130 Å². The van der Waals surface area contributed by atoms with E-state index in [2.05, 4.69) is 31.2 Å². The fraction of sp³-hybridized carbons (Fsp3) is 0.143. The molecule has 0 unspecified atom stereocenters. The van der Waals surface area contributed by atoms with E-state index in [0.717, 1.165) is 34.2 Å². The summed E-state index contributed by atoms with van der Waals surface area (Å²) < 4.78 is 0. The number of hydrogen-bond acceptors (Lipinski definition) is 1. The van der Waals surface area contributed by atoms with Gasteiger partial charge in [-0.2, -0.15) is 0 Å². The molecule has 3 aromatic carbocycles. The van der Waals surface area contributed by atoms with Gasteiger partial charge in [-0.1, -0.05) is 79.7 Å². The molecule has 0 amide bonds. The summed E-state index contributed by atoms with van der Waals surface area (Å²) in [6.45, 7) is 2.14. The van der Waals surface area contributed by atoms with Gasteiger partial charge < -0.3 is 5.11 Å². The molecule has 0 aliphatic heterocycles. The zero-order valence-electron chi connectivity index (χ0n) is 12.6. The highest BCUT2D eigenvalue weighted by Crippen LogP contribution is 2.50. The van der Waals surface area contributed by atoms with Crippen molar-refractivity contribution in [3.05, 3.63) is 95.1 Å². The van der Waals surface area contributed by atoms with Crippen molar-refractivity contribution in [2.24, 2.45) is 0 Å². The molecule has 1 N–H and O–H groups in total. The Hall–Kier alpha value is -2.38. The number of hydrogen-bond donors (Lipinski definition) is 1. The molecule has 0 radical (unpaired) electrons. The van der Waals surface area contributed by atoms with Gasteiger partial charge >= 0.3 is 0 Å². The molecular weight excluding hydrogens is 268 g/mol. The Morgan fingerprint density at radius 3 is 1.95 bits per heavy atom. The topological polar surface area (TPSA) is 20.2 Å². The van der Waals surface area contributed by atoms with Gasteiger partial charge in [0, 0.05) is 11.1 Å². The largest absolute Gasteiger partial charge is 0.376 e. The zero-order chi connectivity index (χ0) is 15.2. The Balaban J connectivity index is 2.04.